The van der Waals surface area contributed by atoms with E-state index in [4.69, 9.17) is 21.7 Å². The van der Waals surface area contributed by atoms with Crippen molar-refractivity contribution in [3.05, 3.63) is 59.7 Å². The number of fused-ring (bicyclic) bond motifs is 1. The Hall–Kier alpha value is -2.27. The minimum absolute atomic E-state index is 0.230. The molecule has 5 heteroatoms. The number of nitrogens with one attached hydrogen (secondary N) is 2. The van der Waals surface area contributed by atoms with Gasteiger partial charge in [0.15, 0.2) is 16.6 Å². The van der Waals surface area contributed by atoms with E-state index < -0.39 is 0 Å². The van der Waals surface area contributed by atoms with E-state index in [0.29, 0.717) is 18.5 Å². The molecule has 2 aromatic carbocycles. The molecule has 0 radical (unpaired) electrons. The second-order valence-corrected chi connectivity index (χ2v) is 6.17. The standard InChI is InChI=1S/C19H22N2O2S/c1-2-6-16(15-7-4-3-5-8-15)21-19(24)20-12-14-9-10-17-18(11-14)23-13-22-17/h3-5,7-11,16H,2,6,12-13H2,1H3,(H2,20,21,24)/t16-/m1/s1. The van der Waals surface area contributed by atoms with Crippen LogP contribution < -0.4 is 20.1 Å². The van der Waals surface area contributed by atoms with Gasteiger partial charge in [-0.25, -0.2) is 0 Å². The average molecular weight is 342 g/mol. The second kappa shape index (κ2) is 8.02. The van der Waals surface area contributed by atoms with Gasteiger partial charge in [0.05, 0.1) is 6.04 Å². The van der Waals surface area contributed by atoms with Crippen molar-refractivity contribution in [1.82, 2.24) is 10.6 Å². The quantitative estimate of drug-likeness (QED) is 0.779. The summed E-state index contributed by atoms with van der Waals surface area (Å²) in [4.78, 5) is 0. The smallest absolute Gasteiger partial charge is 0.231 e. The molecule has 0 saturated carbocycles. The minimum Gasteiger partial charge on any atom is -0.454 e. The Morgan fingerprint density at radius 1 is 1.12 bits per heavy atom. The number of ether oxygens (including phenoxy) is 2. The van der Waals surface area contributed by atoms with Crippen LogP contribution in [0.3, 0.4) is 0 Å². The molecular formula is C19H22N2O2S. The fraction of sp³-hybridized carbons (Fsp3) is 0.316. The van der Waals surface area contributed by atoms with Crippen molar-refractivity contribution in [3.8, 4) is 11.5 Å². The highest BCUT2D eigenvalue weighted by Gasteiger charge is 2.14. The SMILES string of the molecule is CCC[C@@H](NC(=S)NCc1ccc2c(c1)OCO2)c1ccccc1. The molecule has 1 atom stereocenters. The number of hydrogen-bond donors (Lipinski definition) is 2. The molecule has 126 valence electrons. The van der Waals surface area contributed by atoms with Gasteiger partial charge in [0, 0.05) is 6.54 Å². The summed E-state index contributed by atoms with van der Waals surface area (Å²) in [6, 6.07) is 16.6. The lowest BCUT2D eigenvalue weighted by Crippen LogP contribution is -2.37. The van der Waals surface area contributed by atoms with Gasteiger partial charge in [0.1, 0.15) is 0 Å². The van der Waals surface area contributed by atoms with Gasteiger partial charge in [-0.15, -0.1) is 0 Å². The molecule has 0 spiro atoms. The summed E-state index contributed by atoms with van der Waals surface area (Å²) in [5.41, 5.74) is 2.36. The zero-order valence-corrected chi connectivity index (χ0v) is 14.6. The molecule has 0 fully saturated rings. The number of rotatable bonds is 6. The van der Waals surface area contributed by atoms with E-state index in [1.54, 1.807) is 0 Å². The van der Waals surface area contributed by atoms with Crippen molar-refractivity contribution in [1.29, 1.82) is 0 Å². The van der Waals surface area contributed by atoms with Gasteiger partial charge in [0.2, 0.25) is 6.79 Å². The molecule has 1 heterocycles. The summed E-state index contributed by atoms with van der Waals surface area (Å²) in [5.74, 6) is 1.59. The molecule has 0 aliphatic carbocycles. The molecule has 0 saturated heterocycles. The molecule has 4 nitrogen and oxygen atoms in total. The number of hydrogen-bond acceptors (Lipinski definition) is 3. The van der Waals surface area contributed by atoms with Crippen LogP contribution in [0.2, 0.25) is 0 Å². The Balaban J connectivity index is 1.56. The van der Waals surface area contributed by atoms with E-state index in [9.17, 15) is 0 Å². The Labute approximate surface area is 148 Å². The molecule has 1 aliphatic rings. The van der Waals surface area contributed by atoms with Crippen LogP contribution in [0, 0.1) is 0 Å². The maximum atomic E-state index is 5.46. The van der Waals surface area contributed by atoms with Gasteiger partial charge < -0.3 is 20.1 Å². The maximum Gasteiger partial charge on any atom is 0.231 e. The van der Waals surface area contributed by atoms with Crippen LogP contribution in [0.1, 0.15) is 36.9 Å². The monoisotopic (exact) mass is 342 g/mol. The van der Waals surface area contributed by atoms with E-state index in [2.05, 4.69) is 41.8 Å². The summed E-state index contributed by atoms with van der Waals surface area (Å²) in [5, 5.41) is 7.36. The molecule has 0 unspecified atom stereocenters. The summed E-state index contributed by atoms with van der Waals surface area (Å²) < 4.78 is 10.7. The minimum atomic E-state index is 0.230. The second-order valence-electron chi connectivity index (χ2n) is 5.77. The normalized spacial score (nSPS) is 13.4. The van der Waals surface area contributed by atoms with E-state index >= 15 is 0 Å². The topological polar surface area (TPSA) is 42.5 Å². The zero-order chi connectivity index (χ0) is 16.8. The van der Waals surface area contributed by atoms with Crippen LogP contribution in [0.4, 0.5) is 0 Å². The van der Waals surface area contributed by atoms with Crippen LogP contribution in [0.15, 0.2) is 48.5 Å². The summed E-state index contributed by atoms with van der Waals surface area (Å²) >= 11 is 5.46. The molecule has 0 aromatic heterocycles. The van der Waals surface area contributed by atoms with Gasteiger partial charge >= 0.3 is 0 Å². The third kappa shape index (κ3) is 4.17. The molecule has 0 bridgehead atoms. The van der Waals surface area contributed by atoms with Gasteiger partial charge in [-0.1, -0.05) is 49.7 Å². The molecule has 24 heavy (non-hydrogen) atoms. The highest BCUT2D eigenvalue weighted by atomic mass is 32.1. The van der Waals surface area contributed by atoms with Crippen molar-refractivity contribution in [2.45, 2.75) is 32.4 Å². The number of benzene rings is 2. The predicted octanol–water partition coefficient (Wildman–Crippen LogP) is 3.92. The van der Waals surface area contributed by atoms with Crippen molar-refractivity contribution >= 4 is 17.3 Å². The van der Waals surface area contributed by atoms with E-state index in [-0.39, 0.29) is 6.04 Å². The third-order valence-electron chi connectivity index (χ3n) is 3.97. The molecule has 0 amide bonds. The first-order chi connectivity index (χ1) is 11.8. The molecular weight excluding hydrogens is 320 g/mol. The summed E-state index contributed by atoms with van der Waals surface area (Å²) in [6.45, 7) is 3.12. The fourth-order valence-corrected chi connectivity index (χ4v) is 2.95. The zero-order valence-electron chi connectivity index (χ0n) is 13.7. The summed E-state index contributed by atoms with van der Waals surface area (Å²) in [6.07, 6.45) is 2.13. The number of thiocarbonyl (C=S) groups is 1. The van der Waals surface area contributed by atoms with Crippen molar-refractivity contribution < 1.29 is 9.47 Å². The van der Waals surface area contributed by atoms with Gasteiger partial charge in [0.25, 0.3) is 0 Å². The largest absolute Gasteiger partial charge is 0.454 e. The van der Waals surface area contributed by atoms with Crippen LogP contribution >= 0.6 is 12.2 Å². The highest BCUT2D eigenvalue weighted by molar-refractivity contribution is 7.80. The third-order valence-corrected chi connectivity index (χ3v) is 4.24. The van der Waals surface area contributed by atoms with Gasteiger partial charge in [-0.05, 0) is 41.9 Å². The van der Waals surface area contributed by atoms with Crippen molar-refractivity contribution in [2.75, 3.05) is 6.79 Å². The van der Waals surface area contributed by atoms with E-state index in [0.717, 1.165) is 29.9 Å². The first-order valence-electron chi connectivity index (χ1n) is 8.24. The average Bonchev–Trinajstić information content (AvgIpc) is 3.08. The molecule has 3 rings (SSSR count). The van der Waals surface area contributed by atoms with Crippen LogP contribution in [-0.2, 0) is 6.54 Å². The maximum absolute atomic E-state index is 5.46. The first-order valence-corrected chi connectivity index (χ1v) is 8.65. The van der Waals surface area contributed by atoms with Crippen LogP contribution in [-0.4, -0.2) is 11.9 Å². The lowest BCUT2D eigenvalue weighted by Gasteiger charge is -2.21. The lowest BCUT2D eigenvalue weighted by molar-refractivity contribution is 0.174. The summed E-state index contributed by atoms with van der Waals surface area (Å²) in [7, 11) is 0. The lowest BCUT2D eigenvalue weighted by atomic mass is 10.0. The fourth-order valence-electron chi connectivity index (χ4n) is 2.74. The van der Waals surface area contributed by atoms with Crippen LogP contribution in [0.25, 0.3) is 0 Å². The first kappa shape index (κ1) is 16.6. The highest BCUT2D eigenvalue weighted by Crippen LogP contribution is 2.32. The van der Waals surface area contributed by atoms with E-state index in [1.807, 2.05) is 24.3 Å². The molecule has 2 N–H and O–H groups in total. The predicted molar refractivity (Wildman–Crippen MR) is 99.2 cm³/mol. The Morgan fingerprint density at radius 2 is 1.92 bits per heavy atom. The van der Waals surface area contributed by atoms with Crippen LogP contribution in [0.5, 0.6) is 11.5 Å². The van der Waals surface area contributed by atoms with Crippen molar-refractivity contribution in [3.63, 3.8) is 0 Å². The van der Waals surface area contributed by atoms with Gasteiger partial charge in [-0.3, -0.25) is 0 Å². The van der Waals surface area contributed by atoms with E-state index in [1.165, 1.54) is 5.56 Å². The Bertz CT molecular complexity index is 691. The molecule has 1 aliphatic heterocycles. The van der Waals surface area contributed by atoms with Crippen molar-refractivity contribution in [2.24, 2.45) is 0 Å². The molecule has 2 aromatic rings. The Morgan fingerprint density at radius 3 is 2.71 bits per heavy atom. The Kier molecular flexibility index (Phi) is 5.54. The van der Waals surface area contributed by atoms with Gasteiger partial charge in [-0.2, -0.15) is 0 Å².